The summed E-state index contributed by atoms with van der Waals surface area (Å²) in [7, 11) is 0. The Hall–Kier alpha value is -1.03. The molecule has 64 valence electrons. The molecule has 4 heteroatoms. The van der Waals surface area contributed by atoms with E-state index in [1.807, 2.05) is 0 Å². The van der Waals surface area contributed by atoms with Gasteiger partial charge in [0.2, 0.25) is 0 Å². The van der Waals surface area contributed by atoms with E-state index in [0.29, 0.717) is 10.2 Å². The molecule has 3 N–H and O–H groups in total. The number of carboxylic acids is 1. The van der Waals surface area contributed by atoms with Crippen LogP contribution in [0.1, 0.15) is 15.9 Å². The van der Waals surface area contributed by atoms with E-state index < -0.39 is 5.97 Å². The largest absolute Gasteiger partial charge is 0.478 e. The molecule has 0 aliphatic heterocycles. The third kappa shape index (κ3) is 1.58. The molecule has 0 fully saturated rings. The van der Waals surface area contributed by atoms with Gasteiger partial charge in [-0.15, -0.1) is 0 Å². The minimum atomic E-state index is -0.954. The Kier molecular flexibility index (Phi) is 2.38. The molecule has 0 aliphatic carbocycles. The average Bonchev–Trinajstić information content (AvgIpc) is 1.96. The summed E-state index contributed by atoms with van der Waals surface area (Å²) < 4.78 is 0.512. The topological polar surface area (TPSA) is 63.3 Å². The monoisotopic (exact) mass is 229 g/mol. The fraction of sp³-hybridized carbons (Fsp3) is 0.125. The average molecular weight is 230 g/mol. The highest BCUT2D eigenvalue weighted by atomic mass is 79.9. The number of anilines is 1. The lowest BCUT2D eigenvalue weighted by Gasteiger charge is -2.03. The molecule has 0 saturated heterocycles. The molecule has 1 rings (SSSR count). The van der Waals surface area contributed by atoms with E-state index in [1.165, 1.54) is 0 Å². The SMILES string of the molecule is Cc1cc(C(=O)O)c(Br)cc1N. The van der Waals surface area contributed by atoms with E-state index in [1.54, 1.807) is 19.1 Å². The summed E-state index contributed by atoms with van der Waals surface area (Å²) in [6.45, 7) is 1.77. The molecule has 0 bridgehead atoms. The molecule has 0 aliphatic rings. The fourth-order valence-electron chi connectivity index (χ4n) is 0.861. The van der Waals surface area contributed by atoms with Gasteiger partial charge < -0.3 is 10.8 Å². The molecule has 0 aromatic heterocycles. The Labute approximate surface area is 78.3 Å². The lowest BCUT2D eigenvalue weighted by Crippen LogP contribution is -2.00. The number of carbonyl (C=O) groups is 1. The van der Waals surface area contributed by atoms with Gasteiger partial charge in [0.1, 0.15) is 0 Å². The molecular weight excluding hydrogens is 222 g/mol. The first-order valence-electron chi connectivity index (χ1n) is 3.31. The van der Waals surface area contributed by atoms with Gasteiger partial charge in [0, 0.05) is 10.2 Å². The highest BCUT2D eigenvalue weighted by Crippen LogP contribution is 2.23. The van der Waals surface area contributed by atoms with Gasteiger partial charge in [-0.05, 0) is 40.5 Å². The molecule has 0 spiro atoms. The van der Waals surface area contributed by atoms with Crippen molar-refractivity contribution in [2.75, 3.05) is 5.73 Å². The number of benzene rings is 1. The standard InChI is InChI=1S/C8H8BrNO2/c1-4-2-5(8(11)12)6(9)3-7(4)10/h2-3H,10H2,1H3,(H,11,12). The molecule has 0 amide bonds. The van der Waals surface area contributed by atoms with E-state index in [0.717, 1.165) is 5.56 Å². The van der Waals surface area contributed by atoms with Gasteiger partial charge in [-0.3, -0.25) is 0 Å². The second-order valence-electron chi connectivity index (χ2n) is 2.49. The highest BCUT2D eigenvalue weighted by Gasteiger charge is 2.09. The Morgan fingerprint density at radius 1 is 1.58 bits per heavy atom. The number of rotatable bonds is 1. The van der Waals surface area contributed by atoms with Crippen LogP contribution in [0.4, 0.5) is 5.69 Å². The van der Waals surface area contributed by atoms with Crippen molar-refractivity contribution in [3.05, 3.63) is 27.7 Å². The van der Waals surface area contributed by atoms with Crippen LogP contribution in [0.15, 0.2) is 16.6 Å². The van der Waals surface area contributed by atoms with Crippen LogP contribution in [0, 0.1) is 6.92 Å². The first-order chi connectivity index (χ1) is 5.52. The van der Waals surface area contributed by atoms with Crippen molar-refractivity contribution in [3.63, 3.8) is 0 Å². The zero-order valence-electron chi connectivity index (χ0n) is 6.47. The molecule has 0 atom stereocenters. The van der Waals surface area contributed by atoms with Crippen LogP contribution in [-0.2, 0) is 0 Å². The maximum atomic E-state index is 10.6. The number of hydrogen-bond acceptors (Lipinski definition) is 2. The van der Waals surface area contributed by atoms with Crippen LogP contribution in [0.5, 0.6) is 0 Å². The first kappa shape index (κ1) is 9.06. The number of nitrogen functional groups attached to an aromatic ring is 1. The molecule has 0 unspecified atom stereocenters. The van der Waals surface area contributed by atoms with Crippen LogP contribution in [0.3, 0.4) is 0 Å². The summed E-state index contributed by atoms with van der Waals surface area (Å²) in [6, 6.07) is 3.14. The van der Waals surface area contributed by atoms with Crippen molar-refractivity contribution in [2.45, 2.75) is 6.92 Å². The molecular formula is C8H8BrNO2. The number of hydrogen-bond donors (Lipinski definition) is 2. The van der Waals surface area contributed by atoms with Crippen LogP contribution < -0.4 is 5.73 Å². The van der Waals surface area contributed by atoms with E-state index in [-0.39, 0.29) is 5.56 Å². The van der Waals surface area contributed by atoms with Crippen LogP contribution in [0.25, 0.3) is 0 Å². The second-order valence-corrected chi connectivity index (χ2v) is 3.35. The van der Waals surface area contributed by atoms with Crippen molar-refractivity contribution in [3.8, 4) is 0 Å². The van der Waals surface area contributed by atoms with Crippen LogP contribution in [0.2, 0.25) is 0 Å². The zero-order chi connectivity index (χ0) is 9.30. The number of carboxylic acid groups (broad SMARTS) is 1. The smallest absolute Gasteiger partial charge is 0.336 e. The summed E-state index contributed by atoms with van der Waals surface area (Å²) in [6.07, 6.45) is 0. The Morgan fingerprint density at radius 2 is 2.17 bits per heavy atom. The number of aryl methyl sites for hydroxylation is 1. The van der Waals surface area contributed by atoms with Gasteiger partial charge >= 0.3 is 5.97 Å². The first-order valence-corrected chi connectivity index (χ1v) is 4.10. The number of halogens is 1. The van der Waals surface area contributed by atoms with Crippen molar-refractivity contribution in [2.24, 2.45) is 0 Å². The third-order valence-corrected chi connectivity index (χ3v) is 2.24. The van der Waals surface area contributed by atoms with Gasteiger partial charge in [-0.2, -0.15) is 0 Å². The molecule has 0 saturated carbocycles. The van der Waals surface area contributed by atoms with Crippen LogP contribution in [-0.4, -0.2) is 11.1 Å². The highest BCUT2D eigenvalue weighted by molar-refractivity contribution is 9.10. The molecule has 0 radical (unpaired) electrons. The summed E-state index contributed by atoms with van der Waals surface area (Å²) in [5, 5.41) is 8.71. The molecule has 1 aromatic carbocycles. The molecule has 1 aromatic rings. The van der Waals surface area contributed by atoms with Gasteiger partial charge in [0.15, 0.2) is 0 Å². The van der Waals surface area contributed by atoms with Crippen molar-refractivity contribution in [1.29, 1.82) is 0 Å². The van der Waals surface area contributed by atoms with E-state index in [9.17, 15) is 4.79 Å². The maximum Gasteiger partial charge on any atom is 0.336 e. The fourth-order valence-corrected chi connectivity index (χ4v) is 1.39. The number of aromatic carboxylic acids is 1. The van der Waals surface area contributed by atoms with E-state index in [2.05, 4.69) is 15.9 Å². The summed E-state index contributed by atoms with van der Waals surface area (Å²) in [5.74, 6) is -0.954. The van der Waals surface area contributed by atoms with Crippen molar-refractivity contribution in [1.82, 2.24) is 0 Å². The van der Waals surface area contributed by atoms with Gasteiger partial charge in [0.25, 0.3) is 0 Å². The van der Waals surface area contributed by atoms with E-state index >= 15 is 0 Å². The quantitative estimate of drug-likeness (QED) is 0.725. The van der Waals surface area contributed by atoms with Gasteiger partial charge in [-0.1, -0.05) is 0 Å². The Morgan fingerprint density at radius 3 is 2.67 bits per heavy atom. The minimum absolute atomic E-state index is 0.238. The van der Waals surface area contributed by atoms with Crippen LogP contribution >= 0.6 is 15.9 Å². The number of nitrogens with two attached hydrogens (primary N) is 1. The summed E-state index contributed by atoms with van der Waals surface area (Å²) in [5.41, 5.74) is 7.17. The summed E-state index contributed by atoms with van der Waals surface area (Å²) in [4.78, 5) is 10.6. The molecule has 0 heterocycles. The minimum Gasteiger partial charge on any atom is -0.478 e. The lowest BCUT2D eigenvalue weighted by atomic mass is 10.1. The van der Waals surface area contributed by atoms with Crippen molar-refractivity contribution >= 4 is 27.6 Å². The van der Waals surface area contributed by atoms with Gasteiger partial charge in [-0.25, -0.2) is 4.79 Å². The van der Waals surface area contributed by atoms with Gasteiger partial charge in [0.05, 0.1) is 5.56 Å². The molecule has 12 heavy (non-hydrogen) atoms. The Bertz CT molecular complexity index is 336. The normalized spacial score (nSPS) is 9.83. The summed E-state index contributed by atoms with van der Waals surface area (Å²) >= 11 is 3.12. The van der Waals surface area contributed by atoms with E-state index in [4.69, 9.17) is 10.8 Å². The predicted molar refractivity (Wildman–Crippen MR) is 50.3 cm³/mol. The lowest BCUT2D eigenvalue weighted by molar-refractivity contribution is 0.0696. The van der Waals surface area contributed by atoms with Crippen molar-refractivity contribution < 1.29 is 9.90 Å². The molecule has 3 nitrogen and oxygen atoms in total. The predicted octanol–water partition coefficient (Wildman–Crippen LogP) is 2.04. The third-order valence-electron chi connectivity index (χ3n) is 1.59. The second kappa shape index (κ2) is 3.15. The zero-order valence-corrected chi connectivity index (χ0v) is 8.05. The maximum absolute atomic E-state index is 10.6. The Balaban J connectivity index is 3.33.